The molecule has 1 unspecified atom stereocenters. The highest BCUT2D eigenvalue weighted by Crippen LogP contribution is 2.31. The predicted octanol–water partition coefficient (Wildman–Crippen LogP) is 3.45. The van der Waals surface area contributed by atoms with Crippen LogP contribution in [0.4, 0.5) is 5.69 Å². The SMILES string of the molecule is CN(c1ccccc1)C1Oc2ccccc2C=C1C#N. The summed E-state index contributed by atoms with van der Waals surface area (Å²) in [7, 11) is 1.93. The molecule has 0 saturated heterocycles. The van der Waals surface area contributed by atoms with Crippen molar-refractivity contribution in [2.45, 2.75) is 6.23 Å². The molecule has 3 rings (SSSR count). The van der Waals surface area contributed by atoms with E-state index < -0.39 is 6.23 Å². The van der Waals surface area contributed by atoms with Crippen LogP contribution < -0.4 is 9.64 Å². The summed E-state index contributed by atoms with van der Waals surface area (Å²) in [4.78, 5) is 1.96. The quantitative estimate of drug-likeness (QED) is 0.831. The minimum Gasteiger partial charge on any atom is -0.465 e. The van der Waals surface area contributed by atoms with Crippen LogP contribution in [0.2, 0.25) is 0 Å². The topological polar surface area (TPSA) is 36.3 Å². The number of anilines is 1. The first-order chi connectivity index (χ1) is 9.79. The van der Waals surface area contributed by atoms with Gasteiger partial charge in [-0.3, -0.25) is 0 Å². The van der Waals surface area contributed by atoms with Crippen molar-refractivity contribution in [3.63, 3.8) is 0 Å². The number of hydrogen-bond donors (Lipinski definition) is 0. The van der Waals surface area contributed by atoms with Gasteiger partial charge < -0.3 is 9.64 Å². The van der Waals surface area contributed by atoms with Crippen molar-refractivity contribution in [2.75, 3.05) is 11.9 Å². The van der Waals surface area contributed by atoms with Crippen LogP contribution in [-0.2, 0) is 0 Å². The van der Waals surface area contributed by atoms with Crippen molar-refractivity contribution in [3.8, 4) is 11.8 Å². The number of nitrogens with zero attached hydrogens (tertiary/aromatic N) is 2. The first-order valence-electron chi connectivity index (χ1n) is 6.45. The molecule has 0 aliphatic carbocycles. The lowest BCUT2D eigenvalue weighted by atomic mass is 10.1. The van der Waals surface area contributed by atoms with Crippen LogP contribution in [0.15, 0.2) is 60.2 Å². The van der Waals surface area contributed by atoms with Crippen molar-refractivity contribution in [2.24, 2.45) is 0 Å². The highest BCUT2D eigenvalue weighted by Gasteiger charge is 2.26. The van der Waals surface area contributed by atoms with Gasteiger partial charge in [-0.25, -0.2) is 0 Å². The summed E-state index contributed by atoms with van der Waals surface area (Å²) < 4.78 is 5.99. The van der Waals surface area contributed by atoms with Gasteiger partial charge in [0.2, 0.25) is 6.23 Å². The standard InChI is InChI=1S/C17H14N2O/c1-19(15-8-3-2-4-9-15)17-14(12-18)11-13-7-5-6-10-16(13)20-17/h2-11,17H,1H3. The number of likely N-dealkylation sites (N-methyl/N-ethyl adjacent to an activating group) is 1. The average Bonchev–Trinajstić information content (AvgIpc) is 2.53. The number of rotatable bonds is 2. The maximum absolute atomic E-state index is 9.36. The van der Waals surface area contributed by atoms with Gasteiger partial charge in [-0.2, -0.15) is 5.26 Å². The van der Waals surface area contributed by atoms with Gasteiger partial charge in [0.25, 0.3) is 0 Å². The van der Waals surface area contributed by atoms with Crippen molar-refractivity contribution in [1.82, 2.24) is 0 Å². The van der Waals surface area contributed by atoms with E-state index in [9.17, 15) is 5.26 Å². The smallest absolute Gasteiger partial charge is 0.208 e. The molecule has 1 aliphatic rings. The molecule has 2 aromatic carbocycles. The fraction of sp³-hybridized carbons (Fsp3) is 0.118. The van der Waals surface area contributed by atoms with Crippen molar-refractivity contribution in [1.29, 1.82) is 5.26 Å². The third-order valence-electron chi connectivity index (χ3n) is 3.38. The molecule has 0 bridgehead atoms. The van der Waals surface area contributed by atoms with Crippen molar-refractivity contribution in [3.05, 3.63) is 65.7 Å². The van der Waals surface area contributed by atoms with Crippen LogP contribution in [0.5, 0.6) is 5.75 Å². The van der Waals surface area contributed by atoms with E-state index in [1.807, 2.05) is 72.6 Å². The maximum Gasteiger partial charge on any atom is 0.208 e. The Hall–Kier alpha value is -2.73. The molecule has 3 heteroatoms. The average molecular weight is 262 g/mol. The highest BCUT2D eigenvalue weighted by molar-refractivity contribution is 5.68. The number of ether oxygens (including phenoxy) is 1. The first-order valence-corrected chi connectivity index (χ1v) is 6.45. The third kappa shape index (κ3) is 2.12. The van der Waals surface area contributed by atoms with E-state index in [1.54, 1.807) is 0 Å². The van der Waals surface area contributed by atoms with Crippen LogP contribution in [0.3, 0.4) is 0 Å². The Labute approximate surface area is 118 Å². The summed E-state index contributed by atoms with van der Waals surface area (Å²) in [6.07, 6.45) is 1.50. The van der Waals surface area contributed by atoms with Gasteiger partial charge in [0.1, 0.15) is 11.8 Å². The van der Waals surface area contributed by atoms with E-state index in [1.165, 1.54) is 0 Å². The maximum atomic E-state index is 9.36. The second-order valence-corrected chi connectivity index (χ2v) is 4.67. The molecule has 0 spiro atoms. The molecule has 0 amide bonds. The molecule has 2 aromatic rings. The Kier molecular flexibility index (Phi) is 3.14. The molecule has 0 aromatic heterocycles. The fourth-order valence-electron chi connectivity index (χ4n) is 2.30. The largest absolute Gasteiger partial charge is 0.465 e. The predicted molar refractivity (Wildman–Crippen MR) is 79.3 cm³/mol. The lowest BCUT2D eigenvalue weighted by Gasteiger charge is -2.32. The van der Waals surface area contributed by atoms with Gasteiger partial charge in [0, 0.05) is 18.3 Å². The number of para-hydroxylation sites is 2. The van der Waals surface area contributed by atoms with Crippen LogP contribution in [-0.4, -0.2) is 13.3 Å². The van der Waals surface area contributed by atoms with Gasteiger partial charge in [-0.1, -0.05) is 36.4 Å². The second-order valence-electron chi connectivity index (χ2n) is 4.67. The van der Waals surface area contributed by atoms with Crippen LogP contribution in [0.25, 0.3) is 6.08 Å². The number of fused-ring (bicyclic) bond motifs is 1. The number of benzene rings is 2. The molecule has 0 N–H and O–H groups in total. The molecule has 20 heavy (non-hydrogen) atoms. The minimum atomic E-state index is -0.391. The molecule has 0 fully saturated rings. The van der Waals surface area contributed by atoms with E-state index in [-0.39, 0.29) is 0 Å². The van der Waals surface area contributed by atoms with Crippen LogP contribution in [0, 0.1) is 11.3 Å². The molecule has 98 valence electrons. The van der Waals surface area contributed by atoms with Crippen LogP contribution in [0.1, 0.15) is 5.56 Å². The van der Waals surface area contributed by atoms with E-state index in [2.05, 4.69) is 6.07 Å². The van der Waals surface area contributed by atoms with Crippen molar-refractivity contribution >= 4 is 11.8 Å². The number of hydrogen-bond acceptors (Lipinski definition) is 3. The highest BCUT2D eigenvalue weighted by atomic mass is 16.5. The number of nitriles is 1. The first kappa shape index (κ1) is 12.3. The molecular weight excluding hydrogens is 248 g/mol. The molecular formula is C17H14N2O. The van der Waals surface area contributed by atoms with E-state index >= 15 is 0 Å². The summed E-state index contributed by atoms with van der Waals surface area (Å²) in [6.45, 7) is 0. The Morgan fingerprint density at radius 2 is 1.75 bits per heavy atom. The van der Waals surface area contributed by atoms with E-state index in [0.29, 0.717) is 5.57 Å². The zero-order valence-corrected chi connectivity index (χ0v) is 11.2. The third-order valence-corrected chi connectivity index (χ3v) is 3.38. The lowest BCUT2D eigenvalue weighted by molar-refractivity contribution is 0.238. The zero-order chi connectivity index (χ0) is 13.9. The Morgan fingerprint density at radius 3 is 2.50 bits per heavy atom. The fourth-order valence-corrected chi connectivity index (χ4v) is 2.30. The minimum absolute atomic E-state index is 0.391. The lowest BCUT2D eigenvalue weighted by Crippen LogP contribution is -2.39. The van der Waals surface area contributed by atoms with Crippen molar-refractivity contribution < 1.29 is 4.74 Å². The Balaban J connectivity index is 1.98. The normalized spacial score (nSPS) is 16.4. The summed E-state index contributed by atoms with van der Waals surface area (Å²) in [5, 5.41) is 9.36. The van der Waals surface area contributed by atoms with Gasteiger partial charge in [0.15, 0.2) is 0 Å². The summed E-state index contributed by atoms with van der Waals surface area (Å²) >= 11 is 0. The Morgan fingerprint density at radius 1 is 1.05 bits per heavy atom. The van der Waals surface area contributed by atoms with Gasteiger partial charge in [-0.15, -0.1) is 0 Å². The van der Waals surface area contributed by atoms with Gasteiger partial charge in [-0.05, 0) is 24.3 Å². The molecule has 0 radical (unpaired) electrons. The summed E-state index contributed by atoms with van der Waals surface area (Å²) in [5.41, 5.74) is 2.56. The molecule has 1 heterocycles. The molecule has 1 atom stereocenters. The summed E-state index contributed by atoms with van der Waals surface area (Å²) in [5.74, 6) is 0.805. The molecule has 0 saturated carbocycles. The summed E-state index contributed by atoms with van der Waals surface area (Å²) in [6, 6.07) is 19.9. The van der Waals surface area contributed by atoms with E-state index in [0.717, 1.165) is 17.0 Å². The van der Waals surface area contributed by atoms with Gasteiger partial charge >= 0.3 is 0 Å². The Bertz CT molecular complexity index is 686. The second kappa shape index (κ2) is 5.10. The molecule has 3 nitrogen and oxygen atoms in total. The van der Waals surface area contributed by atoms with E-state index in [4.69, 9.17) is 4.74 Å². The molecule has 1 aliphatic heterocycles. The zero-order valence-electron chi connectivity index (χ0n) is 11.2. The van der Waals surface area contributed by atoms with Crippen LogP contribution >= 0.6 is 0 Å². The van der Waals surface area contributed by atoms with Gasteiger partial charge in [0.05, 0.1) is 5.57 Å². The monoisotopic (exact) mass is 262 g/mol.